The minimum Gasteiger partial charge on any atom is -0.383 e. The Balaban J connectivity index is 1.84. The maximum Gasteiger partial charge on any atom is 0.313 e. The molecule has 3 rings (SSSR count). The lowest BCUT2D eigenvalue weighted by Crippen LogP contribution is -2.48. The molecule has 0 saturated carbocycles. The number of likely N-dealkylation sites (tertiary alicyclic amines) is 1. The number of amides is 2. The van der Waals surface area contributed by atoms with Crippen LogP contribution in [0.15, 0.2) is 36.5 Å². The van der Waals surface area contributed by atoms with Crippen LogP contribution in [0, 0.1) is 13.8 Å². The third kappa shape index (κ3) is 3.79. The molecule has 0 aliphatic carbocycles. The molecule has 0 radical (unpaired) electrons. The van der Waals surface area contributed by atoms with Crippen molar-refractivity contribution >= 4 is 23.3 Å². The number of aromatic nitrogens is 1. The molecule has 0 spiro atoms. The normalized spacial score (nSPS) is 19.6. The molecule has 1 aliphatic rings. The highest BCUT2D eigenvalue weighted by atomic mass is 16.2. The van der Waals surface area contributed by atoms with E-state index in [1.165, 1.54) is 6.20 Å². The third-order valence-corrected chi connectivity index (χ3v) is 5.45. The van der Waals surface area contributed by atoms with E-state index in [-0.39, 0.29) is 12.1 Å². The number of nitrogens with zero attached hydrogens (tertiary/aromatic N) is 2. The number of piperidine rings is 1. The maximum absolute atomic E-state index is 13.0. The summed E-state index contributed by atoms with van der Waals surface area (Å²) in [5, 5.41) is 2.72. The van der Waals surface area contributed by atoms with Crippen molar-refractivity contribution in [1.82, 2.24) is 9.88 Å². The number of nitrogens with one attached hydrogen (secondary N) is 1. The van der Waals surface area contributed by atoms with Crippen LogP contribution in [0.3, 0.4) is 0 Å². The quantitative estimate of drug-likeness (QED) is 0.798. The van der Waals surface area contributed by atoms with E-state index in [2.05, 4.69) is 10.3 Å². The zero-order chi connectivity index (χ0) is 19.6. The van der Waals surface area contributed by atoms with Gasteiger partial charge in [0.05, 0.1) is 17.9 Å². The Bertz CT molecular complexity index is 851. The van der Waals surface area contributed by atoms with Crippen molar-refractivity contribution in [1.29, 1.82) is 0 Å². The van der Waals surface area contributed by atoms with Crippen molar-refractivity contribution in [2.75, 3.05) is 11.1 Å². The number of nitrogens with two attached hydrogens (primary N) is 1. The van der Waals surface area contributed by atoms with Gasteiger partial charge in [-0.25, -0.2) is 4.98 Å². The molecule has 2 heterocycles. The molecular formula is C21H26N4O2. The lowest BCUT2D eigenvalue weighted by Gasteiger charge is -2.40. The number of nitrogen functional groups attached to an aromatic ring is 1. The molecule has 0 bridgehead atoms. The minimum atomic E-state index is -0.640. The highest BCUT2D eigenvalue weighted by Crippen LogP contribution is 2.34. The van der Waals surface area contributed by atoms with E-state index in [0.717, 1.165) is 36.0 Å². The lowest BCUT2D eigenvalue weighted by atomic mass is 9.91. The van der Waals surface area contributed by atoms with E-state index in [9.17, 15) is 9.59 Å². The first-order chi connectivity index (χ1) is 12.9. The average Bonchev–Trinajstić information content (AvgIpc) is 2.68. The van der Waals surface area contributed by atoms with Crippen LogP contribution in [-0.2, 0) is 9.59 Å². The van der Waals surface area contributed by atoms with Gasteiger partial charge in [0, 0.05) is 6.04 Å². The van der Waals surface area contributed by atoms with Crippen molar-refractivity contribution in [3.63, 3.8) is 0 Å². The van der Waals surface area contributed by atoms with Gasteiger partial charge in [-0.3, -0.25) is 9.59 Å². The van der Waals surface area contributed by atoms with Crippen LogP contribution in [0.1, 0.15) is 48.9 Å². The van der Waals surface area contributed by atoms with E-state index in [0.29, 0.717) is 11.5 Å². The molecule has 2 aromatic rings. The van der Waals surface area contributed by atoms with E-state index in [1.54, 1.807) is 4.90 Å². The minimum absolute atomic E-state index is 0.00887. The van der Waals surface area contributed by atoms with Crippen molar-refractivity contribution in [3.05, 3.63) is 53.2 Å². The van der Waals surface area contributed by atoms with Gasteiger partial charge < -0.3 is 16.0 Å². The molecule has 1 aromatic heterocycles. The fourth-order valence-corrected chi connectivity index (χ4v) is 3.68. The van der Waals surface area contributed by atoms with E-state index in [1.807, 2.05) is 51.1 Å². The second-order valence-corrected chi connectivity index (χ2v) is 7.18. The Morgan fingerprint density at radius 3 is 2.56 bits per heavy atom. The summed E-state index contributed by atoms with van der Waals surface area (Å²) >= 11 is 0. The predicted octanol–water partition coefficient (Wildman–Crippen LogP) is 3.36. The molecule has 6 heteroatoms. The highest BCUT2D eigenvalue weighted by molar-refractivity contribution is 6.39. The van der Waals surface area contributed by atoms with E-state index >= 15 is 0 Å². The fourth-order valence-electron chi connectivity index (χ4n) is 3.68. The topological polar surface area (TPSA) is 88.3 Å². The van der Waals surface area contributed by atoms with Crippen LogP contribution in [0.5, 0.6) is 0 Å². The lowest BCUT2D eigenvalue weighted by molar-refractivity contribution is -0.148. The number of hydrogen-bond donors (Lipinski definition) is 2. The molecule has 1 saturated heterocycles. The molecule has 3 N–H and O–H groups in total. The Morgan fingerprint density at radius 2 is 1.85 bits per heavy atom. The summed E-state index contributed by atoms with van der Waals surface area (Å²) < 4.78 is 0. The fraction of sp³-hybridized carbons (Fsp3) is 0.381. The van der Waals surface area contributed by atoms with Gasteiger partial charge in [-0.15, -0.1) is 0 Å². The molecule has 6 nitrogen and oxygen atoms in total. The van der Waals surface area contributed by atoms with Crippen molar-refractivity contribution in [2.24, 2.45) is 0 Å². The molecule has 2 amide bonds. The second kappa shape index (κ2) is 7.78. The predicted molar refractivity (Wildman–Crippen MR) is 106 cm³/mol. The summed E-state index contributed by atoms with van der Waals surface area (Å²) in [6.07, 6.45) is 4.28. The van der Waals surface area contributed by atoms with Crippen LogP contribution in [0.4, 0.5) is 11.5 Å². The molecule has 142 valence electrons. The first-order valence-electron chi connectivity index (χ1n) is 9.30. The Morgan fingerprint density at radius 1 is 1.15 bits per heavy atom. The van der Waals surface area contributed by atoms with Crippen molar-refractivity contribution in [2.45, 2.75) is 52.1 Å². The van der Waals surface area contributed by atoms with Gasteiger partial charge in [0.25, 0.3) is 0 Å². The smallest absolute Gasteiger partial charge is 0.313 e. The summed E-state index contributed by atoms with van der Waals surface area (Å²) in [6, 6.07) is 9.83. The number of anilines is 2. The number of carbonyl (C=O) groups is 2. The zero-order valence-corrected chi connectivity index (χ0v) is 16.0. The molecular weight excluding hydrogens is 340 g/mol. The number of pyridine rings is 1. The molecule has 2 atom stereocenters. The molecule has 1 aromatic carbocycles. The van der Waals surface area contributed by atoms with Gasteiger partial charge in [0.15, 0.2) is 0 Å². The third-order valence-electron chi connectivity index (χ3n) is 5.45. The van der Waals surface area contributed by atoms with Crippen LogP contribution >= 0.6 is 0 Å². The van der Waals surface area contributed by atoms with Crippen LogP contribution in [-0.4, -0.2) is 27.7 Å². The second-order valence-electron chi connectivity index (χ2n) is 7.18. The van der Waals surface area contributed by atoms with Gasteiger partial charge in [0.2, 0.25) is 0 Å². The summed E-state index contributed by atoms with van der Waals surface area (Å²) in [6.45, 7) is 5.69. The summed E-state index contributed by atoms with van der Waals surface area (Å²) in [5.41, 5.74) is 8.99. The largest absolute Gasteiger partial charge is 0.383 e. The van der Waals surface area contributed by atoms with Gasteiger partial charge >= 0.3 is 11.8 Å². The summed E-state index contributed by atoms with van der Waals surface area (Å²) in [7, 11) is 0. The number of carbonyl (C=O) groups excluding carboxylic acids is 2. The number of hydrogen-bond acceptors (Lipinski definition) is 4. The first kappa shape index (κ1) is 18.9. The summed E-state index contributed by atoms with van der Waals surface area (Å²) in [4.78, 5) is 31.6. The van der Waals surface area contributed by atoms with Crippen molar-refractivity contribution < 1.29 is 9.59 Å². The first-order valence-corrected chi connectivity index (χ1v) is 9.30. The molecule has 0 unspecified atom stereocenters. The van der Waals surface area contributed by atoms with Crippen LogP contribution in [0.2, 0.25) is 0 Å². The van der Waals surface area contributed by atoms with E-state index < -0.39 is 11.8 Å². The standard InChI is InChI=1S/C21H26N4O2/c1-13-8-7-11-18(16-9-5-4-6-10-16)25(13)21(27)20(26)24-17-12-23-19(22)15(3)14(17)2/h4-6,9-10,12-13,18H,7-8,11H2,1-3H3,(H2,22,23)(H,24,26)/t13-,18-/m0/s1. The van der Waals surface area contributed by atoms with Gasteiger partial charge in [0.1, 0.15) is 5.82 Å². The van der Waals surface area contributed by atoms with Gasteiger partial charge in [-0.2, -0.15) is 0 Å². The van der Waals surface area contributed by atoms with Crippen molar-refractivity contribution in [3.8, 4) is 0 Å². The Labute approximate surface area is 159 Å². The zero-order valence-electron chi connectivity index (χ0n) is 16.0. The monoisotopic (exact) mass is 366 g/mol. The Hall–Kier alpha value is -2.89. The number of rotatable bonds is 2. The SMILES string of the molecule is Cc1c(NC(=O)C(=O)N2[C@@H](C)CCC[C@H]2c2ccccc2)cnc(N)c1C. The molecule has 1 aliphatic heterocycles. The van der Waals surface area contributed by atoms with Crippen LogP contribution in [0.25, 0.3) is 0 Å². The van der Waals surface area contributed by atoms with Gasteiger partial charge in [-0.05, 0) is 56.7 Å². The summed E-state index contributed by atoms with van der Waals surface area (Å²) in [5.74, 6) is -0.727. The molecule has 1 fully saturated rings. The number of benzene rings is 1. The molecule has 27 heavy (non-hydrogen) atoms. The van der Waals surface area contributed by atoms with Gasteiger partial charge in [-0.1, -0.05) is 30.3 Å². The Kier molecular flexibility index (Phi) is 5.44. The van der Waals surface area contributed by atoms with E-state index in [4.69, 9.17) is 5.73 Å². The maximum atomic E-state index is 13.0. The van der Waals surface area contributed by atoms with Crippen LogP contribution < -0.4 is 11.1 Å². The average molecular weight is 366 g/mol. The highest BCUT2D eigenvalue weighted by Gasteiger charge is 2.36.